The molecule has 1 rings (SSSR count). The minimum absolute atomic E-state index is 0.183. The second-order valence-corrected chi connectivity index (χ2v) is 6.08. The molecule has 0 aromatic rings. The molecule has 1 N–H and O–H groups in total. The van der Waals surface area contributed by atoms with Crippen molar-refractivity contribution in [2.75, 3.05) is 18.8 Å². The van der Waals surface area contributed by atoms with Gasteiger partial charge in [-0.25, -0.2) is 0 Å². The summed E-state index contributed by atoms with van der Waals surface area (Å²) in [7, 11) is 0. The fraction of sp³-hybridized carbons (Fsp3) is 0.923. The Morgan fingerprint density at radius 2 is 1.95 bits per heavy atom. The Labute approximate surface area is 117 Å². The van der Waals surface area contributed by atoms with Crippen molar-refractivity contribution in [2.24, 2.45) is 10.4 Å². The second-order valence-electron chi connectivity index (χ2n) is 5.12. The molecule has 6 heteroatoms. The van der Waals surface area contributed by atoms with Crippen LogP contribution in [0.2, 0.25) is 0 Å². The first-order chi connectivity index (χ1) is 8.91. The van der Waals surface area contributed by atoms with Crippen LogP contribution in [0.5, 0.6) is 0 Å². The molecule has 1 heterocycles. The van der Waals surface area contributed by atoms with E-state index in [2.05, 4.69) is 24.2 Å². The van der Waals surface area contributed by atoms with Crippen LogP contribution in [0.1, 0.15) is 46.0 Å². The lowest BCUT2D eigenvalue weighted by Gasteiger charge is -2.33. The zero-order chi connectivity index (χ0) is 14.4. The van der Waals surface area contributed by atoms with E-state index in [0.717, 1.165) is 30.3 Å². The number of hydrogen-bond donors (Lipinski definition) is 1. The van der Waals surface area contributed by atoms with Crippen LogP contribution in [0.4, 0.5) is 13.2 Å². The van der Waals surface area contributed by atoms with Crippen LogP contribution < -0.4 is 5.32 Å². The number of hydrogen-bond acceptors (Lipinski definition) is 3. The molecular formula is C13H23F3N2S. The first kappa shape index (κ1) is 16.7. The molecular weight excluding hydrogens is 273 g/mol. The normalized spacial score (nSPS) is 19.1. The molecule has 0 unspecified atom stereocenters. The summed E-state index contributed by atoms with van der Waals surface area (Å²) in [5.74, 6) is 1.05. The average molecular weight is 296 g/mol. The van der Waals surface area contributed by atoms with Gasteiger partial charge >= 0.3 is 6.18 Å². The molecule has 0 atom stereocenters. The predicted octanol–water partition coefficient (Wildman–Crippen LogP) is 4.22. The second kappa shape index (κ2) is 7.41. The molecule has 1 aliphatic heterocycles. The largest absolute Gasteiger partial charge is 0.389 e. The maximum absolute atomic E-state index is 12.0. The van der Waals surface area contributed by atoms with Crippen LogP contribution in [0.25, 0.3) is 0 Å². The molecule has 1 aliphatic rings. The molecule has 0 saturated heterocycles. The first-order valence-electron chi connectivity index (χ1n) is 6.89. The fourth-order valence-corrected chi connectivity index (χ4v) is 3.29. The number of alkyl halides is 3. The molecule has 0 aliphatic carbocycles. The number of nitrogens with zero attached hydrogens (tertiary/aromatic N) is 1. The third-order valence-electron chi connectivity index (χ3n) is 3.74. The number of thioether (sulfide) groups is 1. The SMILES string of the molecule is CCC1(CC)CN=C(NCCCCC(F)(F)F)SC1. The summed E-state index contributed by atoms with van der Waals surface area (Å²) in [6, 6.07) is 0. The molecule has 0 aromatic carbocycles. The van der Waals surface area contributed by atoms with E-state index in [4.69, 9.17) is 0 Å². The van der Waals surface area contributed by atoms with Gasteiger partial charge in [0.05, 0.1) is 0 Å². The Morgan fingerprint density at radius 3 is 2.42 bits per heavy atom. The lowest BCUT2D eigenvalue weighted by molar-refractivity contribution is -0.135. The van der Waals surface area contributed by atoms with Crippen LogP contribution in [0.3, 0.4) is 0 Å². The minimum Gasteiger partial charge on any atom is -0.365 e. The van der Waals surface area contributed by atoms with Crippen molar-refractivity contribution in [3.8, 4) is 0 Å². The molecule has 0 bridgehead atoms. The highest BCUT2D eigenvalue weighted by molar-refractivity contribution is 8.13. The lowest BCUT2D eigenvalue weighted by atomic mass is 9.84. The Kier molecular flexibility index (Phi) is 6.50. The van der Waals surface area contributed by atoms with Crippen molar-refractivity contribution >= 4 is 16.9 Å². The number of halogens is 3. The number of unbranched alkanes of at least 4 members (excludes halogenated alkanes) is 1. The lowest BCUT2D eigenvalue weighted by Crippen LogP contribution is -2.34. The topological polar surface area (TPSA) is 24.4 Å². The van der Waals surface area contributed by atoms with Crippen molar-refractivity contribution in [1.82, 2.24) is 5.32 Å². The summed E-state index contributed by atoms with van der Waals surface area (Å²) in [4.78, 5) is 4.52. The summed E-state index contributed by atoms with van der Waals surface area (Å²) < 4.78 is 35.9. The molecule has 112 valence electrons. The van der Waals surface area contributed by atoms with Gasteiger partial charge in [0.2, 0.25) is 0 Å². The van der Waals surface area contributed by atoms with Gasteiger partial charge < -0.3 is 5.32 Å². The van der Waals surface area contributed by atoms with E-state index in [1.54, 1.807) is 11.8 Å². The maximum Gasteiger partial charge on any atom is 0.389 e. The van der Waals surface area contributed by atoms with E-state index in [0.29, 0.717) is 18.4 Å². The van der Waals surface area contributed by atoms with Gasteiger partial charge in [0, 0.05) is 25.3 Å². The molecule has 19 heavy (non-hydrogen) atoms. The fourth-order valence-electron chi connectivity index (χ4n) is 1.98. The number of aliphatic imine (C=N–C) groups is 1. The van der Waals surface area contributed by atoms with E-state index in [9.17, 15) is 13.2 Å². The third-order valence-corrected chi connectivity index (χ3v) is 5.04. The molecule has 0 radical (unpaired) electrons. The van der Waals surface area contributed by atoms with E-state index >= 15 is 0 Å². The van der Waals surface area contributed by atoms with Crippen LogP contribution in [0.15, 0.2) is 4.99 Å². The highest BCUT2D eigenvalue weighted by Crippen LogP contribution is 2.34. The Morgan fingerprint density at radius 1 is 1.26 bits per heavy atom. The maximum atomic E-state index is 12.0. The molecule has 0 fully saturated rings. The number of nitrogens with one attached hydrogen (secondary N) is 1. The summed E-state index contributed by atoms with van der Waals surface area (Å²) in [6.45, 7) is 5.79. The monoisotopic (exact) mass is 296 g/mol. The van der Waals surface area contributed by atoms with Crippen molar-refractivity contribution in [2.45, 2.75) is 52.1 Å². The van der Waals surface area contributed by atoms with E-state index < -0.39 is 12.6 Å². The summed E-state index contributed by atoms with van der Waals surface area (Å²) in [5.41, 5.74) is 0.312. The van der Waals surface area contributed by atoms with Gasteiger partial charge in [-0.05, 0) is 31.1 Å². The van der Waals surface area contributed by atoms with Crippen LogP contribution in [-0.2, 0) is 0 Å². The zero-order valence-electron chi connectivity index (χ0n) is 11.6. The highest BCUT2D eigenvalue weighted by Gasteiger charge is 2.30. The van der Waals surface area contributed by atoms with Crippen LogP contribution in [0, 0.1) is 5.41 Å². The Balaban J connectivity index is 2.20. The van der Waals surface area contributed by atoms with Crippen molar-refractivity contribution in [3.05, 3.63) is 0 Å². The smallest absolute Gasteiger partial charge is 0.365 e. The zero-order valence-corrected chi connectivity index (χ0v) is 12.5. The first-order valence-corrected chi connectivity index (χ1v) is 7.87. The van der Waals surface area contributed by atoms with E-state index in [1.807, 2.05) is 0 Å². The van der Waals surface area contributed by atoms with Gasteiger partial charge in [0.1, 0.15) is 0 Å². The molecule has 2 nitrogen and oxygen atoms in total. The van der Waals surface area contributed by atoms with Gasteiger partial charge in [0.15, 0.2) is 5.17 Å². The Hall–Kier alpha value is -0.390. The van der Waals surface area contributed by atoms with Gasteiger partial charge in [0.25, 0.3) is 0 Å². The van der Waals surface area contributed by atoms with Crippen molar-refractivity contribution in [1.29, 1.82) is 0 Å². The van der Waals surface area contributed by atoms with Gasteiger partial charge in [-0.2, -0.15) is 13.2 Å². The molecule has 0 spiro atoms. The van der Waals surface area contributed by atoms with E-state index in [1.165, 1.54) is 0 Å². The van der Waals surface area contributed by atoms with Crippen LogP contribution >= 0.6 is 11.8 Å². The Bertz CT molecular complexity index is 299. The quantitative estimate of drug-likeness (QED) is 0.742. The average Bonchev–Trinajstić information content (AvgIpc) is 2.38. The van der Waals surface area contributed by atoms with Crippen molar-refractivity contribution in [3.63, 3.8) is 0 Å². The van der Waals surface area contributed by atoms with Crippen LogP contribution in [-0.4, -0.2) is 30.2 Å². The molecule has 0 amide bonds. The summed E-state index contributed by atoms with van der Waals surface area (Å²) in [6.07, 6.45) is -1.76. The number of amidine groups is 1. The van der Waals surface area contributed by atoms with Gasteiger partial charge in [-0.15, -0.1) is 0 Å². The van der Waals surface area contributed by atoms with Gasteiger partial charge in [-0.1, -0.05) is 25.6 Å². The summed E-state index contributed by atoms with van der Waals surface area (Å²) >= 11 is 1.70. The third kappa shape index (κ3) is 6.06. The standard InChI is InChI=1S/C13H23F3N2S/c1-3-12(4-2)9-18-11(19-10-12)17-8-6-5-7-13(14,15)16/h3-10H2,1-2H3,(H,17,18). The summed E-state index contributed by atoms with van der Waals surface area (Å²) in [5, 5.41) is 4.03. The van der Waals surface area contributed by atoms with Crippen molar-refractivity contribution < 1.29 is 13.2 Å². The van der Waals surface area contributed by atoms with Gasteiger partial charge in [-0.3, -0.25) is 4.99 Å². The predicted molar refractivity (Wildman–Crippen MR) is 75.7 cm³/mol. The number of rotatable bonds is 6. The molecule has 0 aromatic heterocycles. The highest BCUT2D eigenvalue weighted by atomic mass is 32.2. The molecule has 0 saturated carbocycles. The minimum atomic E-state index is -4.03. The van der Waals surface area contributed by atoms with E-state index in [-0.39, 0.29) is 6.42 Å².